The zero-order valence-electron chi connectivity index (χ0n) is 17.2. The van der Waals surface area contributed by atoms with Crippen LogP contribution in [0.15, 0.2) is 82.7 Å². The van der Waals surface area contributed by atoms with Gasteiger partial charge in [-0.25, -0.2) is 8.96 Å². The van der Waals surface area contributed by atoms with Crippen molar-refractivity contribution in [2.24, 2.45) is 0 Å². The van der Waals surface area contributed by atoms with Crippen molar-refractivity contribution in [2.75, 3.05) is 12.4 Å². The van der Waals surface area contributed by atoms with Gasteiger partial charge in [0.1, 0.15) is 0 Å². The molecule has 3 aromatic carbocycles. The minimum atomic E-state index is -0.390. The van der Waals surface area contributed by atoms with Crippen molar-refractivity contribution >= 4 is 28.4 Å². The van der Waals surface area contributed by atoms with Crippen LogP contribution in [0.5, 0.6) is 5.75 Å². The number of ether oxygens (including phenoxy) is 1. The van der Waals surface area contributed by atoms with Crippen molar-refractivity contribution in [2.45, 2.75) is 12.1 Å². The molecule has 0 aliphatic carbocycles. The molecule has 0 saturated carbocycles. The van der Waals surface area contributed by atoms with Crippen molar-refractivity contribution in [3.05, 3.63) is 94.5 Å². The van der Waals surface area contributed by atoms with Crippen LogP contribution in [0.1, 0.15) is 5.56 Å². The number of nitrogens with zero attached hydrogens (tertiary/aromatic N) is 4. The van der Waals surface area contributed by atoms with E-state index in [-0.39, 0.29) is 11.3 Å². The molecule has 0 aliphatic heterocycles. The number of para-hydroxylation sites is 2. The number of aromatic nitrogens is 4. The standard InChI is InChI=1S/C24H19FN4O2S/c1-16-10-12-17(13-11-16)28-22(30)18-6-2-4-8-20(18)29-23(28)26-27-24(29)32-15-14-31-21-9-5-3-7-19(21)25/h2-13H,14-15H2,1H3. The summed E-state index contributed by atoms with van der Waals surface area (Å²) in [6, 6.07) is 21.4. The van der Waals surface area contributed by atoms with E-state index >= 15 is 0 Å². The van der Waals surface area contributed by atoms with Gasteiger partial charge in [0, 0.05) is 5.75 Å². The number of rotatable bonds is 6. The molecular formula is C24H19FN4O2S. The van der Waals surface area contributed by atoms with Gasteiger partial charge in [0.05, 0.1) is 23.2 Å². The predicted molar refractivity (Wildman–Crippen MR) is 123 cm³/mol. The fourth-order valence-electron chi connectivity index (χ4n) is 3.55. The quantitative estimate of drug-likeness (QED) is 0.281. The van der Waals surface area contributed by atoms with E-state index in [1.807, 2.05) is 53.8 Å². The van der Waals surface area contributed by atoms with Crippen LogP contribution >= 0.6 is 11.8 Å². The number of benzene rings is 3. The molecule has 2 aromatic heterocycles. The van der Waals surface area contributed by atoms with Crippen LogP contribution in [0.4, 0.5) is 4.39 Å². The van der Waals surface area contributed by atoms with Gasteiger partial charge in [-0.1, -0.05) is 53.7 Å². The second-order valence-electron chi connectivity index (χ2n) is 7.24. The minimum absolute atomic E-state index is 0.149. The largest absolute Gasteiger partial charge is 0.490 e. The molecule has 0 unspecified atom stereocenters. The van der Waals surface area contributed by atoms with Crippen LogP contribution in [0.25, 0.3) is 22.4 Å². The minimum Gasteiger partial charge on any atom is -0.490 e. The summed E-state index contributed by atoms with van der Waals surface area (Å²) in [5.74, 6) is 0.805. The van der Waals surface area contributed by atoms with Gasteiger partial charge in [-0.2, -0.15) is 0 Å². The summed E-state index contributed by atoms with van der Waals surface area (Å²) in [6.07, 6.45) is 0. The first kappa shape index (κ1) is 20.3. The Morgan fingerprint density at radius 3 is 2.53 bits per heavy atom. The van der Waals surface area contributed by atoms with E-state index in [0.29, 0.717) is 28.7 Å². The lowest BCUT2D eigenvalue weighted by atomic mass is 10.2. The fraction of sp³-hybridized carbons (Fsp3) is 0.125. The Hall–Kier alpha value is -3.65. The van der Waals surface area contributed by atoms with Crippen LogP contribution in [0, 0.1) is 12.7 Å². The van der Waals surface area contributed by atoms with E-state index in [4.69, 9.17) is 4.74 Å². The molecule has 0 N–H and O–H groups in total. The molecule has 32 heavy (non-hydrogen) atoms. The molecule has 2 heterocycles. The molecule has 0 aliphatic rings. The van der Waals surface area contributed by atoms with Gasteiger partial charge in [-0.05, 0) is 43.3 Å². The Morgan fingerprint density at radius 2 is 1.72 bits per heavy atom. The van der Waals surface area contributed by atoms with Gasteiger partial charge in [0.15, 0.2) is 16.7 Å². The highest BCUT2D eigenvalue weighted by Crippen LogP contribution is 2.24. The lowest BCUT2D eigenvalue weighted by Crippen LogP contribution is -2.21. The SMILES string of the molecule is Cc1ccc(-n2c(=O)c3ccccc3n3c(SCCOc4ccccc4F)nnc23)cc1. The summed E-state index contributed by atoms with van der Waals surface area (Å²) in [7, 11) is 0. The molecule has 8 heteroatoms. The van der Waals surface area contributed by atoms with Crippen LogP contribution in [-0.4, -0.2) is 31.5 Å². The van der Waals surface area contributed by atoms with Gasteiger partial charge in [-0.15, -0.1) is 10.2 Å². The maximum absolute atomic E-state index is 13.8. The normalized spacial score (nSPS) is 11.3. The average molecular weight is 447 g/mol. The average Bonchev–Trinajstić information content (AvgIpc) is 3.23. The van der Waals surface area contributed by atoms with Gasteiger partial charge < -0.3 is 4.74 Å². The first-order chi connectivity index (χ1) is 15.6. The molecule has 5 rings (SSSR count). The lowest BCUT2D eigenvalue weighted by molar-refractivity contribution is 0.325. The molecule has 0 radical (unpaired) electrons. The van der Waals surface area contributed by atoms with E-state index in [0.717, 1.165) is 16.8 Å². The number of halogens is 1. The highest BCUT2D eigenvalue weighted by Gasteiger charge is 2.17. The number of thioether (sulfide) groups is 1. The highest BCUT2D eigenvalue weighted by atomic mass is 32.2. The van der Waals surface area contributed by atoms with Gasteiger partial charge >= 0.3 is 0 Å². The molecular weight excluding hydrogens is 427 g/mol. The smallest absolute Gasteiger partial charge is 0.267 e. The van der Waals surface area contributed by atoms with E-state index in [2.05, 4.69) is 10.2 Å². The summed E-state index contributed by atoms with van der Waals surface area (Å²) in [5.41, 5.74) is 2.41. The van der Waals surface area contributed by atoms with Crippen LogP contribution in [0.2, 0.25) is 0 Å². The van der Waals surface area contributed by atoms with E-state index in [1.54, 1.807) is 28.8 Å². The van der Waals surface area contributed by atoms with Gasteiger partial charge in [-0.3, -0.25) is 9.20 Å². The van der Waals surface area contributed by atoms with E-state index < -0.39 is 5.82 Å². The summed E-state index contributed by atoms with van der Waals surface area (Å²) in [4.78, 5) is 13.3. The summed E-state index contributed by atoms with van der Waals surface area (Å²) >= 11 is 1.44. The Bertz CT molecular complexity index is 1480. The van der Waals surface area contributed by atoms with Crippen molar-refractivity contribution in [3.63, 3.8) is 0 Å². The summed E-state index contributed by atoms with van der Waals surface area (Å²) in [6.45, 7) is 2.30. The maximum Gasteiger partial charge on any atom is 0.267 e. The number of hydrogen-bond acceptors (Lipinski definition) is 5. The first-order valence-corrected chi connectivity index (χ1v) is 11.1. The third kappa shape index (κ3) is 3.62. The lowest BCUT2D eigenvalue weighted by Gasteiger charge is -2.11. The van der Waals surface area contributed by atoms with E-state index in [9.17, 15) is 9.18 Å². The Balaban J connectivity index is 1.53. The molecule has 0 saturated heterocycles. The zero-order chi connectivity index (χ0) is 22.1. The Kier molecular flexibility index (Phi) is 5.36. The third-order valence-electron chi connectivity index (χ3n) is 5.10. The summed E-state index contributed by atoms with van der Waals surface area (Å²) < 4.78 is 22.8. The van der Waals surface area contributed by atoms with Crippen molar-refractivity contribution in [3.8, 4) is 11.4 Å². The molecule has 0 fully saturated rings. The molecule has 160 valence electrons. The van der Waals surface area contributed by atoms with Gasteiger partial charge in [0.25, 0.3) is 5.56 Å². The molecule has 6 nitrogen and oxygen atoms in total. The second-order valence-corrected chi connectivity index (χ2v) is 8.30. The van der Waals surface area contributed by atoms with Crippen molar-refractivity contribution in [1.29, 1.82) is 0 Å². The Labute approximate surface area is 187 Å². The van der Waals surface area contributed by atoms with Crippen LogP contribution < -0.4 is 10.3 Å². The number of aryl methyl sites for hydroxylation is 1. The highest BCUT2D eigenvalue weighted by molar-refractivity contribution is 7.99. The molecule has 0 amide bonds. The molecule has 0 bridgehead atoms. The van der Waals surface area contributed by atoms with Crippen LogP contribution in [-0.2, 0) is 0 Å². The predicted octanol–water partition coefficient (Wildman–Crippen LogP) is 4.65. The number of hydrogen-bond donors (Lipinski definition) is 0. The third-order valence-corrected chi connectivity index (χ3v) is 5.99. The van der Waals surface area contributed by atoms with Gasteiger partial charge in [0.2, 0.25) is 5.78 Å². The van der Waals surface area contributed by atoms with E-state index in [1.165, 1.54) is 17.8 Å². The number of fused-ring (bicyclic) bond motifs is 3. The first-order valence-electron chi connectivity index (χ1n) is 10.1. The molecule has 5 aromatic rings. The van der Waals surface area contributed by atoms with Crippen molar-refractivity contribution in [1.82, 2.24) is 19.2 Å². The molecule has 0 spiro atoms. The summed E-state index contributed by atoms with van der Waals surface area (Å²) in [5, 5.41) is 9.88. The maximum atomic E-state index is 13.8. The zero-order valence-corrected chi connectivity index (χ0v) is 18.1. The van der Waals surface area contributed by atoms with Crippen LogP contribution in [0.3, 0.4) is 0 Å². The Morgan fingerprint density at radius 1 is 0.969 bits per heavy atom. The molecule has 0 atom stereocenters. The second kappa shape index (κ2) is 8.47. The monoisotopic (exact) mass is 446 g/mol. The fourth-order valence-corrected chi connectivity index (χ4v) is 4.30. The topological polar surface area (TPSA) is 61.4 Å². The van der Waals surface area contributed by atoms with Crippen molar-refractivity contribution < 1.29 is 9.13 Å².